The lowest BCUT2D eigenvalue weighted by atomic mass is 9.94. The average molecular weight is 476 g/mol. The topological polar surface area (TPSA) is 111 Å². The zero-order valence-corrected chi connectivity index (χ0v) is 19.4. The molecule has 3 heterocycles. The molecule has 1 atom stereocenters. The van der Waals surface area contributed by atoms with E-state index in [2.05, 4.69) is 4.98 Å². The largest absolute Gasteiger partial charge is 0.503 e. The summed E-state index contributed by atoms with van der Waals surface area (Å²) in [4.78, 5) is 32.0. The van der Waals surface area contributed by atoms with Gasteiger partial charge in [0, 0.05) is 18.9 Å². The third kappa shape index (κ3) is 4.61. The summed E-state index contributed by atoms with van der Waals surface area (Å²) in [6.07, 6.45) is 7.46. The quantitative estimate of drug-likeness (QED) is 0.463. The lowest BCUT2D eigenvalue weighted by molar-refractivity contribution is -0.130. The first-order valence-electron chi connectivity index (χ1n) is 10.7. The number of ether oxygens (including phenoxy) is 3. The molecule has 0 spiro atoms. The van der Waals surface area contributed by atoms with E-state index in [0.29, 0.717) is 28.6 Å². The van der Waals surface area contributed by atoms with Crippen molar-refractivity contribution in [3.63, 3.8) is 0 Å². The fraction of sp³-hybridized carbons (Fsp3) is 0.192. The summed E-state index contributed by atoms with van der Waals surface area (Å²) >= 11 is 0. The molecular weight excluding hydrogens is 452 g/mol. The number of amides is 1. The van der Waals surface area contributed by atoms with Crippen LogP contribution >= 0.6 is 0 Å². The number of aromatic nitrogens is 1. The minimum atomic E-state index is -0.926. The van der Waals surface area contributed by atoms with Crippen LogP contribution in [0, 0.1) is 0 Å². The second-order valence-corrected chi connectivity index (χ2v) is 7.63. The zero-order chi connectivity index (χ0) is 24.9. The summed E-state index contributed by atoms with van der Waals surface area (Å²) in [6, 6.07) is 9.30. The van der Waals surface area contributed by atoms with Crippen LogP contribution in [-0.4, -0.2) is 48.0 Å². The van der Waals surface area contributed by atoms with Crippen molar-refractivity contribution in [2.24, 2.45) is 0 Å². The molecule has 1 unspecified atom stereocenters. The lowest BCUT2D eigenvalue weighted by Gasteiger charge is -2.27. The molecule has 1 aliphatic rings. The van der Waals surface area contributed by atoms with Crippen molar-refractivity contribution in [2.45, 2.75) is 12.6 Å². The first-order valence-corrected chi connectivity index (χ1v) is 10.7. The highest BCUT2D eigenvalue weighted by Gasteiger charge is 2.43. The summed E-state index contributed by atoms with van der Waals surface area (Å²) in [7, 11) is 4.42. The number of furan rings is 1. The zero-order valence-electron chi connectivity index (χ0n) is 19.4. The van der Waals surface area contributed by atoms with Crippen molar-refractivity contribution in [1.82, 2.24) is 9.88 Å². The maximum Gasteiger partial charge on any atom is 0.290 e. The molecule has 35 heavy (non-hydrogen) atoms. The Bertz CT molecular complexity index is 1260. The number of nitrogens with zero attached hydrogens (tertiary/aromatic N) is 2. The number of allylic oxidation sites excluding steroid dienone is 1. The maximum absolute atomic E-state index is 13.3. The number of carbonyl (C=O) groups is 2. The standard InChI is InChI=1S/C26H24N2O7/c1-32-20-12-17(13-21(33-2)25(20)34-3)23-22(19(29)9-8-18-7-5-11-35-18)24(30)26(31)28(23)15-16-6-4-10-27-14-16/h4-14,23,30H,15H2,1-3H3/b9-8+. The normalized spacial score (nSPS) is 15.7. The molecule has 0 fully saturated rings. The van der Waals surface area contributed by atoms with E-state index in [-0.39, 0.29) is 12.1 Å². The maximum atomic E-state index is 13.3. The van der Waals surface area contributed by atoms with Gasteiger partial charge in [-0.2, -0.15) is 0 Å². The van der Waals surface area contributed by atoms with E-state index in [4.69, 9.17) is 18.6 Å². The third-order valence-electron chi connectivity index (χ3n) is 5.59. The van der Waals surface area contributed by atoms with Crippen LogP contribution in [0.4, 0.5) is 0 Å². The third-order valence-corrected chi connectivity index (χ3v) is 5.59. The Morgan fingerprint density at radius 1 is 1.14 bits per heavy atom. The summed E-state index contributed by atoms with van der Waals surface area (Å²) < 4.78 is 21.6. The van der Waals surface area contributed by atoms with Gasteiger partial charge in [0.1, 0.15) is 5.76 Å². The van der Waals surface area contributed by atoms with Gasteiger partial charge in [0.05, 0.1) is 39.2 Å². The second-order valence-electron chi connectivity index (χ2n) is 7.63. The number of methoxy groups -OCH3 is 3. The first-order chi connectivity index (χ1) is 17.0. The number of carbonyl (C=O) groups excluding carboxylic acids is 2. The van der Waals surface area contributed by atoms with Crippen LogP contribution in [0.5, 0.6) is 17.2 Å². The highest BCUT2D eigenvalue weighted by Crippen LogP contribution is 2.45. The van der Waals surface area contributed by atoms with Gasteiger partial charge >= 0.3 is 0 Å². The molecule has 0 saturated carbocycles. The average Bonchev–Trinajstić information content (AvgIpc) is 3.49. The summed E-state index contributed by atoms with van der Waals surface area (Å²) in [5.41, 5.74) is 1.15. The van der Waals surface area contributed by atoms with Crippen molar-refractivity contribution in [1.29, 1.82) is 0 Å². The van der Waals surface area contributed by atoms with Crippen molar-refractivity contribution in [3.05, 3.63) is 89.4 Å². The van der Waals surface area contributed by atoms with Crippen LogP contribution in [-0.2, 0) is 16.1 Å². The summed E-state index contributed by atoms with van der Waals surface area (Å²) in [5, 5.41) is 10.8. The Kier molecular flexibility index (Phi) is 6.86. The molecule has 3 aromatic rings. The van der Waals surface area contributed by atoms with Gasteiger partial charge in [0.2, 0.25) is 5.75 Å². The molecule has 9 heteroatoms. The minimum absolute atomic E-state index is 0.0732. The van der Waals surface area contributed by atoms with Crippen LogP contribution < -0.4 is 14.2 Å². The Morgan fingerprint density at radius 2 is 1.89 bits per heavy atom. The van der Waals surface area contributed by atoms with E-state index in [1.807, 2.05) is 0 Å². The smallest absolute Gasteiger partial charge is 0.290 e. The van der Waals surface area contributed by atoms with E-state index < -0.39 is 23.5 Å². The van der Waals surface area contributed by atoms with Gasteiger partial charge in [-0.3, -0.25) is 14.6 Å². The number of hydrogen-bond donors (Lipinski definition) is 1. The highest BCUT2D eigenvalue weighted by atomic mass is 16.5. The molecule has 4 rings (SSSR count). The highest BCUT2D eigenvalue weighted by molar-refractivity contribution is 6.14. The van der Waals surface area contributed by atoms with Crippen molar-refractivity contribution >= 4 is 17.8 Å². The predicted octanol–water partition coefficient (Wildman–Crippen LogP) is 3.88. The van der Waals surface area contributed by atoms with Gasteiger partial charge in [-0.1, -0.05) is 6.07 Å². The second kappa shape index (κ2) is 10.2. The van der Waals surface area contributed by atoms with E-state index in [1.165, 1.54) is 44.6 Å². The monoisotopic (exact) mass is 476 g/mol. The van der Waals surface area contributed by atoms with E-state index in [1.54, 1.807) is 48.8 Å². The number of rotatable bonds is 9. The molecule has 1 amide bonds. The predicted molar refractivity (Wildman–Crippen MR) is 126 cm³/mol. The van der Waals surface area contributed by atoms with E-state index in [9.17, 15) is 14.7 Å². The van der Waals surface area contributed by atoms with Gasteiger partial charge in [-0.05, 0) is 53.6 Å². The number of aliphatic hydroxyl groups excluding tert-OH is 1. The van der Waals surface area contributed by atoms with Gasteiger partial charge in [-0.15, -0.1) is 0 Å². The lowest BCUT2D eigenvalue weighted by Crippen LogP contribution is -2.30. The Hall–Kier alpha value is -4.53. The van der Waals surface area contributed by atoms with E-state index in [0.717, 1.165) is 5.56 Å². The minimum Gasteiger partial charge on any atom is -0.503 e. The summed E-state index contributed by atoms with van der Waals surface area (Å²) in [5.74, 6) is -0.330. The fourth-order valence-electron chi connectivity index (χ4n) is 4.00. The molecule has 1 aliphatic heterocycles. The number of aliphatic hydroxyl groups is 1. The van der Waals surface area contributed by atoms with Crippen LogP contribution in [0.25, 0.3) is 6.08 Å². The van der Waals surface area contributed by atoms with Crippen molar-refractivity contribution < 1.29 is 33.3 Å². The van der Waals surface area contributed by atoms with E-state index >= 15 is 0 Å². The van der Waals surface area contributed by atoms with Gasteiger partial charge in [0.25, 0.3) is 5.91 Å². The molecule has 0 radical (unpaired) electrons. The van der Waals surface area contributed by atoms with Crippen molar-refractivity contribution in [3.8, 4) is 17.2 Å². The fourth-order valence-corrected chi connectivity index (χ4v) is 4.00. The first kappa shape index (κ1) is 23.6. The molecule has 180 valence electrons. The number of benzene rings is 1. The number of hydrogen-bond acceptors (Lipinski definition) is 8. The van der Waals surface area contributed by atoms with Gasteiger partial charge in [-0.25, -0.2) is 0 Å². The van der Waals surface area contributed by atoms with Crippen LogP contribution in [0.1, 0.15) is 22.9 Å². The molecule has 9 nitrogen and oxygen atoms in total. The van der Waals surface area contributed by atoms with Crippen LogP contribution in [0.3, 0.4) is 0 Å². The summed E-state index contributed by atoms with van der Waals surface area (Å²) in [6.45, 7) is 0.108. The Labute approximate surface area is 201 Å². The van der Waals surface area contributed by atoms with Crippen LogP contribution in [0.2, 0.25) is 0 Å². The van der Waals surface area contributed by atoms with Crippen molar-refractivity contribution in [2.75, 3.05) is 21.3 Å². The Morgan fingerprint density at radius 3 is 2.46 bits per heavy atom. The molecule has 0 saturated heterocycles. The number of ketones is 1. The SMILES string of the molecule is COc1cc(C2C(C(=O)/C=C/c3ccco3)=C(O)C(=O)N2Cc2cccnc2)cc(OC)c1OC. The molecule has 0 bridgehead atoms. The molecule has 1 N–H and O–H groups in total. The molecule has 1 aromatic carbocycles. The molecular formula is C26H24N2O7. The molecule has 2 aromatic heterocycles. The number of pyridine rings is 1. The Balaban J connectivity index is 1.83. The van der Waals surface area contributed by atoms with Gasteiger partial charge in [0.15, 0.2) is 23.0 Å². The molecule has 0 aliphatic carbocycles. The van der Waals surface area contributed by atoms with Crippen LogP contribution in [0.15, 0.2) is 76.9 Å². The van der Waals surface area contributed by atoms with Gasteiger partial charge < -0.3 is 28.6 Å².